The molecular weight excluding hydrogens is 327 g/mol. The minimum atomic E-state index is 0.576. The van der Waals surface area contributed by atoms with Gasteiger partial charge in [-0.15, -0.1) is 0 Å². The van der Waals surface area contributed by atoms with Crippen molar-refractivity contribution in [1.29, 1.82) is 0 Å². The number of anilines is 1. The van der Waals surface area contributed by atoms with Crippen molar-refractivity contribution >= 4 is 28.4 Å². The lowest BCUT2D eigenvalue weighted by Gasteiger charge is -2.35. The molecule has 94 valence electrons. The molecule has 17 heavy (non-hydrogen) atoms. The summed E-state index contributed by atoms with van der Waals surface area (Å²) in [6.07, 6.45) is 7.20. The number of nitrogens with one attached hydrogen (secondary N) is 1. The normalized spacial score (nSPS) is 20.2. The molecule has 0 aliphatic carbocycles. The predicted molar refractivity (Wildman–Crippen MR) is 78.3 cm³/mol. The first-order chi connectivity index (χ1) is 8.33. The Balaban J connectivity index is 2.18. The highest BCUT2D eigenvalue weighted by Gasteiger charge is 2.22. The second-order valence-corrected chi connectivity index (χ2v) is 5.55. The highest BCUT2D eigenvalue weighted by Crippen LogP contribution is 2.23. The minimum Gasteiger partial charge on any atom is -0.351 e. The molecule has 0 spiro atoms. The predicted octanol–water partition coefficient (Wildman–Crippen LogP) is 2.05. The van der Waals surface area contributed by atoms with E-state index in [1.54, 1.807) is 6.33 Å². The molecule has 5 heteroatoms. The van der Waals surface area contributed by atoms with Crippen LogP contribution in [-0.2, 0) is 0 Å². The molecule has 1 aromatic rings. The molecule has 4 nitrogen and oxygen atoms in total. The smallest absolute Gasteiger partial charge is 0.145 e. The van der Waals surface area contributed by atoms with Gasteiger partial charge in [0, 0.05) is 25.3 Å². The van der Waals surface area contributed by atoms with Crippen LogP contribution in [0.15, 0.2) is 12.5 Å². The molecule has 0 aromatic carbocycles. The van der Waals surface area contributed by atoms with E-state index in [0.717, 1.165) is 35.4 Å². The second-order valence-electron chi connectivity index (χ2n) is 4.39. The maximum atomic E-state index is 4.45. The molecule has 1 fully saturated rings. The molecule has 2 rings (SSSR count). The number of halogens is 1. The van der Waals surface area contributed by atoms with Gasteiger partial charge in [-0.25, -0.2) is 9.97 Å². The number of aromatic nitrogens is 2. The minimum absolute atomic E-state index is 0.576. The van der Waals surface area contributed by atoms with Crippen LogP contribution in [0.5, 0.6) is 0 Å². The van der Waals surface area contributed by atoms with Crippen LogP contribution in [0.3, 0.4) is 0 Å². The lowest BCUT2D eigenvalue weighted by atomic mass is 10.1. The van der Waals surface area contributed by atoms with Crippen LogP contribution in [-0.4, -0.2) is 35.6 Å². The number of piperidine rings is 1. The van der Waals surface area contributed by atoms with Crippen molar-refractivity contribution in [3.63, 3.8) is 0 Å². The lowest BCUT2D eigenvalue weighted by molar-refractivity contribution is 0.428. The van der Waals surface area contributed by atoms with Gasteiger partial charge in [-0.3, -0.25) is 0 Å². The Bertz CT molecular complexity index is 352. The standard InChI is InChI=1S/C12H19IN4/c1-2-6-17(10-4-3-5-14-7-10)12-11(13)8-15-9-16-12/h8-10,14H,2-7H2,1H3. The third-order valence-electron chi connectivity index (χ3n) is 3.10. The van der Waals surface area contributed by atoms with Gasteiger partial charge >= 0.3 is 0 Å². The highest BCUT2D eigenvalue weighted by atomic mass is 127. The average molecular weight is 346 g/mol. The van der Waals surface area contributed by atoms with Crippen LogP contribution in [0.25, 0.3) is 0 Å². The van der Waals surface area contributed by atoms with Gasteiger partial charge in [0.1, 0.15) is 12.1 Å². The summed E-state index contributed by atoms with van der Waals surface area (Å²) in [5.41, 5.74) is 0. The van der Waals surface area contributed by atoms with Crippen LogP contribution in [0, 0.1) is 3.57 Å². The Hall–Kier alpha value is -0.430. The van der Waals surface area contributed by atoms with Crippen LogP contribution in [0.4, 0.5) is 5.82 Å². The molecule has 0 saturated carbocycles. The third-order valence-corrected chi connectivity index (χ3v) is 3.86. The summed E-state index contributed by atoms with van der Waals surface area (Å²) in [5.74, 6) is 1.09. The van der Waals surface area contributed by atoms with Crippen molar-refractivity contribution in [1.82, 2.24) is 15.3 Å². The van der Waals surface area contributed by atoms with E-state index in [1.165, 1.54) is 12.8 Å². The summed E-state index contributed by atoms with van der Waals surface area (Å²) in [4.78, 5) is 11.0. The van der Waals surface area contributed by atoms with E-state index in [9.17, 15) is 0 Å². The lowest BCUT2D eigenvalue weighted by Crippen LogP contribution is -2.47. The van der Waals surface area contributed by atoms with E-state index in [0.29, 0.717) is 6.04 Å². The quantitative estimate of drug-likeness (QED) is 0.848. The molecule has 1 aromatic heterocycles. The molecule has 1 unspecified atom stereocenters. The topological polar surface area (TPSA) is 41.1 Å². The first kappa shape index (κ1) is 13.0. The second kappa shape index (κ2) is 6.49. The van der Waals surface area contributed by atoms with Crippen molar-refractivity contribution in [2.75, 3.05) is 24.5 Å². The number of nitrogens with zero attached hydrogens (tertiary/aromatic N) is 3. The SMILES string of the molecule is CCCN(c1ncncc1I)C1CCCNC1. The summed E-state index contributed by atoms with van der Waals surface area (Å²) >= 11 is 2.32. The van der Waals surface area contributed by atoms with Crippen molar-refractivity contribution in [2.24, 2.45) is 0 Å². The summed E-state index contributed by atoms with van der Waals surface area (Å²) in [7, 11) is 0. The van der Waals surface area contributed by atoms with E-state index in [1.807, 2.05) is 6.20 Å². The Labute approximate surface area is 116 Å². The molecule has 0 bridgehead atoms. The van der Waals surface area contributed by atoms with Crippen LogP contribution >= 0.6 is 22.6 Å². The molecule has 1 N–H and O–H groups in total. The van der Waals surface area contributed by atoms with E-state index in [4.69, 9.17) is 0 Å². The van der Waals surface area contributed by atoms with Crippen molar-refractivity contribution in [2.45, 2.75) is 32.2 Å². The largest absolute Gasteiger partial charge is 0.351 e. The first-order valence-corrected chi connectivity index (χ1v) is 7.33. The van der Waals surface area contributed by atoms with Crippen LogP contribution in [0.1, 0.15) is 26.2 Å². The molecule has 1 aliphatic heterocycles. The summed E-state index contributed by atoms with van der Waals surface area (Å²) in [6, 6.07) is 0.576. The zero-order valence-electron chi connectivity index (χ0n) is 10.2. The van der Waals surface area contributed by atoms with Gasteiger partial charge in [-0.1, -0.05) is 6.92 Å². The van der Waals surface area contributed by atoms with Gasteiger partial charge in [0.05, 0.1) is 3.57 Å². The van der Waals surface area contributed by atoms with Crippen LogP contribution < -0.4 is 10.2 Å². The van der Waals surface area contributed by atoms with Gasteiger partial charge in [0.2, 0.25) is 0 Å². The summed E-state index contributed by atoms with van der Waals surface area (Å²) in [6.45, 7) is 5.51. The van der Waals surface area contributed by atoms with Gasteiger partial charge in [-0.05, 0) is 48.4 Å². The van der Waals surface area contributed by atoms with E-state index in [-0.39, 0.29) is 0 Å². The number of rotatable bonds is 4. The van der Waals surface area contributed by atoms with Crippen molar-refractivity contribution in [3.05, 3.63) is 16.1 Å². The fraction of sp³-hybridized carbons (Fsp3) is 0.667. The molecule has 1 atom stereocenters. The van der Waals surface area contributed by atoms with E-state index >= 15 is 0 Å². The molecular formula is C12H19IN4. The first-order valence-electron chi connectivity index (χ1n) is 6.25. The molecule has 2 heterocycles. The van der Waals surface area contributed by atoms with Crippen molar-refractivity contribution in [3.8, 4) is 0 Å². The molecule has 1 aliphatic rings. The molecule has 1 saturated heterocycles. The zero-order valence-corrected chi connectivity index (χ0v) is 12.4. The Morgan fingerprint density at radius 2 is 2.47 bits per heavy atom. The maximum Gasteiger partial charge on any atom is 0.145 e. The zero-order chi connectivity index (χ0) is 12.1. The Morgan fingerprint density at radius 3 is 3.12 bits per heavy atom. The van der Waals surface area contributed by atoms with Gasteiger partial charge in [0.15, 0.2) is 0 Å². The van der Waals surface area contributed by atoms with E-state index in [2.05, 4.69) is 49.7 Å². The summed E-state index contributed by atoms with van der Waals surface area (Å²) in [5, 5.41) is 3.48. The highest BCUT2D eigenvalue weighted by molar-refractivity contribution is 14.1. The summed E-state index contributed by atoms with van der Waals surface area (Å²) < 4.78 is 1.14. The van der Waals surface area contributed by atoms with Crippen molar-refractivity contribution < 1.29 is 0 Å². The number of hydrogen-bond acceptors (Lipinski definition) is 4. The Kier molecular flexibility index (Phi) is 4.97. The molecule has 0 amide bonds. The van der Waals surface area contributed by atoms with Gasteiger partial charge in [-0.2, -0.15) is 0 Å². The fourth-order valence-electron chi connectivity index (χ4n) is 2.32. The monoisotopic (exact) mass is 346 g/mol. The maximum absolute atomic E-state index is 4.45. The third kappa shape index (κ3) is 3.28. The number of hydrogen-bond donors (Lipinski definition) is 1. The average Bonchev–Trinajstić information content (AvgIpc) is 2.38. The Morgan fingerprint density at radius 1 is 1.59 bits per heavy atom. The van der Waals surface area contributed by atoms with Crippen LogP contribution in [0.2, 0.25) is 0 Å². The van der Waals surface area contributed by atoms with Gasteiger partial charge in [0.25, 0.3) is 0 Å². The van der Waals surface area contributed by atoms with E-state index < -0.39 is 0 Å². The fourth-order valence-corrected chi connectivity index (χ4v) is 2.93. The molecule has 0 radical (unpaired) electrons. The van der Waals surface area contributed by atoms with Gasteiger partial charge < -0.3 is 10.2 Å².